The molecule has 3 aromatic rings. The van der Waals surface area contributed by atoms with Gasteiger partial charge in [0.15, 0.2) is 0 Å². The van der Waals surface area contributed by atoms with Crippen LogP contribution in [0.2, 0.25) is 0 Å². The molecule has 0 amide bonds. The molecule has 0 N–H and O–H groups in total. The summed E-state index contributed by atoms with van der Waals surface area (Å²) >= 11 is 1.89. The molecule has 0 saturated carbocycles. The number of thiophene rings is 1. The third-order valence-electron chi connectivity index (χ3n) is 5.27. The molecular formula is C24H26OS. The fourth-order valence-electron chi connectivity index (χ4n) is 4.00. The van der Waals surface area contributed by atoms with E-state index in [0.29, 0.717) is 0 Å². The van der Waals surface area contributed by atoms with Crippen molar-refractivity contribution in [3.63, 3.8) is 0 Å². The molecule has 134 valence electrons. The molecule has 1 heterocycles. The van der Waals surface area contributed by atoms with Crippen molar-refractivity contribution < 1.29 is 4.74 Å². The molecule has 1 aromatic heterocycles. The number of ether oxygens (including phenoxy) is 1. The fraction of sp³-hybridized carbons (Fsp3) is 0.333. The van der Waals surface area contributed by atoms with E-state index in [2.05, 4.69) is 75.4 Å². The van der Waals surface area contributed by atoms with Gasteiger partial charge in [0.25, 0.3) is 0 Å². The van der Waals surface area contributed by atoms with Gasteiger partial charge in [0, 0.05) is 9.75 Å². The molecular weight excluding hydrogens is 336 g/mol. The quantitative estimate of drug-likeness (QED) is 0.462. The zero-order valence-electron chi connectivity index (χ0n) is 15.8. The van der Waals surface area contributed by atoms with Crippen LogP contribution in [0, 0.1) is 0 Å². The van der Waals surface area contributed by atoms with Crippen molar-refractivity contribution >= 4 is 11.3 Å². The van der Waals surface area contributed by atoms with E-state index in [4.69, 9.17) is 4.74 Å². The standard InChI is InChI=1S/C24H26OS/c1-4-17-10-13-21-20(17)6-5-7-22(21)24-15-14-23(26-24)18-8-11-19(12-9-18)25-16(2)3/h5-9,11-12,14-17H,4,10,13H2,1-3H3/t17-/m0/s1. The van der Waals surface area contributed by atoms with E-state index in [0.717, 1.165) is 11.7 Å². The van der Waals surface area contributed by atoms with Crippen LogP contribution < -0.4 is 4.74 Å². The van der Waals surface area contributed by atoms with Crippen molar-refractivity contribution in [3.8, 4) is 26.6 Å². The first-order valence-corrected chi connectivity index (χ1v) is 10.5. The Labute approximate surface area is 160 Å². The van der Waals surface area contributed by atoms with Crippen LogP contribution in [-0.4, -0.2) is 6.10 Å². The van der Waals surface area contributed by atoms with Gasteiger partial charge in [-0.3, -0.25) is 0 Å². The smallest absolute Gasteiger partial charge is 0.119 e. The predicted molar refractivity (Wildman–Crippen MR) is 112 cm³/mol. The molecule has 0 bridgehead atoms. The first kappa shape index (κ1) is 17.4. The molecule has 2 heteroatoms. The Morgan fingerprint density at radius 2 is 1.77 bits per heavy atom. The highest BCUT2D eigenvalue weighted by atomic mass is 32.1. The van der Waals surface area contributed by atoms with Crippen LogP contribution in [0.25, 0.3) is 20.9 Å². The maximum absolute atomic E-state index is 5.75. The van der Waals surface area contributed by atoms with Gasteiger partial charge in [0.1, 0.15) is 5.75 Å². The third-order valence-corrected chi connectivity index (χ3v) is 6.44. The number of hydrogen-bond acceptors (Lipinski definition) is 2. The Morgan fingerprint density at radius 3 is 2.50 bits per heavy atom. The summed E-state index contributed by atoms with van der Waals surface area (Å²) < 4.78 is 5.75. The predicted octanol–water partition coefficient (Wildman–Crippen LogP) is 7.31. The van der Waals surface area contributed by atoms with Crippen molar-refractivity contribution in [1.29, 1.82) is 0 Å². The van der Waals surface area contributed by atoms with Crippen LogP contribution in [0.15, 0.2) is 54.6 Å². The minimum Gasteiger partial charge on any atom is -0.491 e. The highest BCUT2D eigenvalue weighted by Gasteiger charge is 2.23. The van der Waals surface area contributed by atoms with E-state index in [1.165, 1.54) is 40.1 Å². The van der Waals surface area contributed by atoms with E-state index in [9.17, 15) is 0 Å². The topological polar surface area (TPSA) is 9.23 Å². The van der Waals surface area contributed by atoms with Gasteiger partial charge in [-0.1, -0.05) is 25.1 Å². The molecule has 4 rings (SSSR count). The number of benzene rings is 2. The van der Waals surface area contributed by atoms with E-state index in [1.54, 1.807) is 11.1 Å². The van der Waals surface area contributed by atoms with E-state index >= 15 is 0 Å². The number of fused-ring (bicyclic) bond motifs is 1. The van der Waals surface area contributed by atoms with Crippen molar-refractivity contribution in [1.82, 2.24) is 0 Å². The van der Waals surface area contributed by atoms with Gasteiger partial charge >= 0.3 is 0 Å². The summed E-state index contributed by atoms with van der Waals surface area (Å²) in [5.41, 5.74) is 5.86. The average Bonchev–Trinajstić information content (AvgIpc) is 3.28. The average molecular weight is 363 g/mol. The van der Waals surface area contributed by atoms with Crippen LogP contribution in [0.3, 0.4) is 0 Å². The molecule has 26 heavy (non-hydrogen) atoms. The molecule has 0 spiro atoms. The lowest BCUT2D eigenvalue weighted by atomic mass is 9.96. The lowest BCUT2D eigenvalue weighted by molar-refractivity contribution is 0.242. The maximum Gasteiger partial charge on any atom is 0.119 e. The summed E-state index contributed by atoms with van der Waals surface area (Å²) in [5, 5.41) is 0. The summed E-state index contributed by atoms with van der Waals surface area (Å²) in [6, 6.07) is 19.9. The van der Waals surface area contributed by atoms with Crippen molar-refractivity contribution in [2.45, 2.75) is 52.1 Å². The minimum atomic E-state index is 0.210. The van der Waals surface area contributed by atoms with Gasteiger partial charge in [0.05, 0.1) is 6.10 Å². The molecule has 1 atom stereocenters. The van der Waals surface area contributed by atoms with E-state index < -0.39 is 0 Å². The lowest BCUT2D eigenvalue weighted by Crippen LogP contribution is -2.04. The minimum absolute atomic E-state index is 0.210. The number of hydrogen-bond donors (Lipinski definition) is 0. The fourth-order valence-corrected chi connectivity index (χ4v) is 5.07. The van der Waals surface area contributed by atoms with Gasteiger partial charge < -0.3 is 4.74 Å². The van der Waals surface area contributed by atoms with Gasteiger partial charge in [-0.25, -0.2) is 0 Å². The summed E-state index contributed by atoms with van der Waals surface area (Å²) in [6.07, 6.45) is 3.98. The normalized spacial score (nSPS) is 16.1. The maximum atomic E-state index is 5.75. The Morgan fingerprint density at radius 1 is 1.00 bits per heavy atom. The second-order valence-corrected chi connectivity index (χ2v) is 8.46. The van der Waals surface area contributed by atoms with Crippen LogP contribution in [-0.2, 0) is 6.42 Å². The van der Waals surface area contributed by atoms with Crippen molar-refractivity contribution in [3.05, 3.63) is 65.7 Å². The molecule has 1 nitrogen and oxygen atoms in total. The molecule has 1 aliphatic carbocycles. The van der Waals surface area contributed by atoms with Crippen molar-refractivity contribution in [2.75, 3.05) is 0 Å². The van der Waals surface area contributed by atoms with Gasteiger partial charge in [0.2, 0.25) is 0 Å². The van der Waals surface area contributed by atoms with Crippen LogP contribution in [0.5, 0.6) is 5.75 Å². The molecule has 0 saturated heterocycles. The third kappa shape index (κ3) is 3.31. The Bertz CT molecular complexity index is 889. The van der Waals surface area contributed by atoms with Gasteiger partial charge in [-0.05, 0) is 97.7 Å². The molecule has 1 aliphatic rings. The lowest BCUT2D eigenvalue weighted by Gasteiger charge is -2.10. The van der Waals surface area contributed by atoms with Crippen LogP contribution in [0.1, 0.15) is 50.7 Å². The number of rotatable bonds is 5. The first-order valence-electron chi connectivity index (χ1n) is 9.64. The Hall–Kier alpha value is -2.06. The highest BCUT2D eigenvalue weighted by molar-refractivity contribution is 7.18. The van der Waals surface area contributed by atoms with E-state index in [-0.39, 0.29) is 6.10 Å². The SMILES string of the molecule is CC[C@H]1CCc2c(-c3ccc(-c4ccc(OC(C)C)cc4)s3)cccc21. The van der Waals surface area contributed by atoms with Gasteiger partial charge in [-0.2, -0.15) is 0 Å². The Kier molecular flexibility index (Phi) is 4.86. The summed E-state index contributed by atoms with van der Waals surface area (Å²) in [6.45, 7) is 6.42. The monoisotopic (exact) mass is 362 g/mol. The Balaban J connectivity index is 1.62. The second-order valence-electron chi connectivity index (χ2n) is 7.37. The van der Waals surface area contributed by atoms with Crippen LogP contribution >= 0.6 is 11.3 Å². The molecule has 0 unspecified atom stereocenters. The highest BCUT2D eigenvalue weighted by Crippen LogP contribution is 2.43. The van der Waals surface area contributed by atoms with Gasteiger partial charge in [-0.15, -0.1) is 11.3 Å². The largest absolute Gasteiger partial charge is 0.491 e. The van der Waals surface area contributed by atoms with Crippen LogP contribution in [0.4, 0.5) is 0 Å². The molecule has 0 aliphatic heterocycles. The zero-order chi connectivity index (χ0) is 18.1. The first-order chi connectivity index (χ1) is 12.7. The molecule has 0 radical (unpaired) electrons. The summed E-state index contributed by atoms with van der Waals surface area (Å²) in [4.78, 5) is 2.70. The summed E-state index contributed by atoms with van der Waals surface area (Å²) in [5.74, 6) is 1.69. The van der Waals surface area contributed by atoms with E-state index in [1.807, 2.05) is 11.3 Å². The summed E-state index contributed by atoms with van der Waals surface area (Å²) in [7, 11) is 0. The molecule has 0 fully saturated rings. The van der Waals surface area contributed by atoms with Crippen molar-refractivity contribution in [2.24, 2.45) is 0 Å². The zero-order valence-corrected chi connectivity index (χ0v) is 16.6. The molecule has 2 aromatic carbocycles. The second kappa shape index (κ2) is 7.28.